The second kappa shape index (κ2) is 9.62. The molecule has 0 heterocycles. The largest absolute Gasteiger partial charge is 0.497 e. The van der Waals surface area contributed by atoms with Crippen molar-refractivity contribution in [1.29, 1.82) is 0 Å². The molecular weight excluding hydrogens is 397 g/mol. The summed E-state index contributed by atoms with van der Waals surface area (Å²) in [6, 6.07) is 8.71. The maximum Gasteiger partial charge on any atom is 0.416 e. The fourth-order valence-corrected chi connectivity index (χ4v) is 2.21. The Bertz CT molecular complexity index is 856. The molecule has 0 aliphatic carbocycles. The van der Waals surface area contributed by atoms with E-state index in [0.29, 0.717) is 23.6 Å². The van der Waals surface area contributed by atoms with E-state index in [2.05, 4.69) is 5.32 Å². The third-order valence-electron chi connectivity index (χ3n) is 3.62. The van der Waals surface area contributed by atoms with Crippen molar-refractivity contribution in [2.75, 3.05) is 32.2 Å². The van der Waals surface area contributed by atoms with Gasteiger partial charge in [-0.15, -0.1) is 0 Å². The van der Waals surface area contributed by atoms with Gasteiger partial charge in [0.05, 0.1) is 17.6 Å². The highest BCUT2D eigenvalue weighted by atomic mass is 19.4. The quantitative estimate of drug-likeness (QED) is 0.289. The molecule has 0 fully saturated rings. The number of hydrogen-bond donors (Lipinski definition) is 1. The van der Waals surface area contributed by atoms with Gasteiger partial charge in [0.1, 0.15) is 36.9 Å². The van der Waals surface area contributed by atoms with Crippen molar-refractivity contribution in [3.8, 4) is 11.5 Å². The van der Waals surface area contributed by atoms with Crippen LogP contribution in [0.3, 0.4) is 0 Å². The molecule has 0 spiro atoms. The number of rotatable bonds is 9. The van der Waals surface area contributed by atoms with Gasteiger partial charge in [-0.25, -0.2) is 0 Å². The van der Waals surface area contributed by atoms with E-state index in [1.54, 1.807) is 24.3 Å². The van der Waals surface area contributed by atoms with Gasteiger partial charge in [0.15, 0.2) is 0 Å². The molecule has 2 aromatic rings. The molecule has 1 N–H and O–H groups in total. The van der Waals surface area contributed by atoms with Crippen molar-refractivity contribution in [1.82, 2.24) is 0 Å². The van der Waals surface area contributed by atoms with E-state index in [-0.39, 0.29) is 18.9 Å². The van der Waals surface area contributed by atoms with Gasteiger partial charge in [0.25, 0.3) is 5.69 Å². The van der Waals surface area contributed by atoms with Crippen LogP contribution in [0.1, 0.15) is 5.56 Å². The molecule has 0 atom stereocenters. The molecule has 0 radical (unpaired) electrons. The number of nitro groups is 1. The van der Waals surface area contributed by atoms with Crippen molar-refractivity contribution in [3.05, 3.63) is 58.1 Å². The SMILES string of the molecule is COc1ccc(OCCOC(=O)CNc2ccc(C(F)(F)F)cc2[N+](=O)[O-])cc1. The molecule has 2 rings (SSSR count). The Balaban J connectivity index is 1.81. The number of esters is 1. The second-order valence-electron chi connectivity index (χ2n) is 5.58. The van der Waals surface area contributed by atoms with E-state index in [0.717, 1.165) is 6.07 Å². The Morgan fingerprint density at radius 2 is 1.76 bits per heavy atom. The van der Waals surface area contributed by atoms with Gasteiger partial charge in [0, 0.05) is 6.07 Å². The summed E-state index contributed by atoms with van der Waals surface area (Å²) in [7, 11) is 1.53. The zero-order valence-corrected chi connectivity index (χ0v) is 15.2. The molecular formula is C18H17F3N2O6. The first-order valence-electron chi connectivity index (χ1n) is 8.22. The van der Waals surface area contributed by atoms with Gasteiger partial charge < -0.3 is 19.5 Å². The predicted molar refractivity (Wildman–Crippen MR) is 96.0 cm³/mol. The van der Waals surface area contributed by atoms with Crippen LogP contribution < -0.4 is 14.8 Å². The van der Waals surface area contributed by atoms with Gasteiger partial charge in [-0.2, -0.15) is 13.2 Å². The number of nitrogens with zero attached hydrogens (tertiary/aromatic N) is 1. The lowest BCUT2D eigenvalue weighted by Gasteiger charge is -2.11. The van der Waals surface area contributed by atoms with E-state index in [1.807, 2.05) is 0 Å². The molecule has 0 aliphatic heterocycles. The number of anilines is 1. The van der Waals surface area contributed by atoms with Crippen LogP contribution in [0.4, 0.5) is 24.5 Å². The van der Waals surface area contributed by atoms with Crippen LogP contribution in [-0.2, 0) is 15.7 Å². The Kier molecular flexibility index (Phi) is 7.23. The lowest BCUT2D eigenvalue weighted by molar-refractivity contribution is -0.384. The maximum absolute atomic E-state index is 12.7. The Morgan fingerprint density at radius 1 is 1.10 bits per heavy atom. The van der Waals surface area contributed by atoms with Crippen LogP contribution in [-0.4, -0.2) is 37.8 Å². The van der Waals surface area contributed by atoms with E-state index >= 15 is 0 Å². The normalized spacial score (nSPS) is 10.9. The summed E-state index contributed by atoms with van der Waals surface area (Å²) < 4.78 is 53.3. The minimum Gasteiger partial charge on any atom is -0.497 e. The van der Waals surface area contributed by atoms with Crippen molar-refractivity contribution >= 4 is 17.3 Å². The number of ether oxygens (including phenoxy) is 3. The topological polar surface area (TPSA) is 99.9 Å². The molecule has 0 saturated heterocycles. The summed E-state index contributed by atoms with van der Waals surface area (Å²) in [6.07, 6.45) is -4.72. The predicted octanol–water partition coefficient (Wildman–Crippen LogP) is 3.66. The average molecular weight is 414 g/mol. The lowest BCUT2D eigenvalue weighted by atomic mass is 10.1. The number of hydrogen-bond acceptors (Lipinski definition) is 7. The Morgan fingerprint density at radius 3 is 2.34 bits per heavy atom. The Hall–Kier alpha value is -3.50. The fourth-order valence-electron chi connectivity index (χ4n) is 2.21. The molecule has 156 valence electrons. The summed E-state index contributed by atoms with van der Waals surface area (Å²) in [5, 5.41) is 13.4. The summed E-state index contributed by atoms with van der Waals surface area (Å²) in [5.41, 5.74) is -2.18. The van der Waals surface area contributed by atoms with Gasteiger partial charge in [0.2, 0.25) is 0 Å². The maximum atomic E-state index is 12.7. The van der Waals surface area contributed by atoms with Crippen LogP contribution in [0.2, 0.25) is 0 Å². The number of nitrogens with one attached hydrogen (secondary N) is 1. The number of benzene rings is 2. The third-order valence-corrected chi connectivity index (χ3v) is 3.62. The number of nitro benzene ring substituents is 1. The van der Waals surface area contributed by atoms with Crippen molar-refractivity contribution in [2.45, 2.75) is 6.18 Å². The highest BCUT2D eigenvalue weighted by Crippen LogP contribution is 2.34. The third kappa shape index (κ3) is 6.55. The fraction of sp³-hybridized carbons (Fsp3) is 0.278. The molecule has 0 bridgehead atoms. The zero-order chi connectivity index (χ0) is 21.4. The molecule has 0 aliphatic rings. The van der Waals surface area contributed by atoms with Crippen LogP contribution >= 0.6 is 0 Å². The van der Waals surface area contributed by atoms with Crippen LogP contribution in [0.5, 0.6) is 11.5 Å². The van der Waals surface area contributed by atoms with Crippen molar-refractivity contribution in [3.63, 3.8) is 0 Å². The van der Waals surface area contributed by atoms with Gasteiger partial charge in [-0.05, 0) is 36.4 Å². The van der Waals surface area contributed by atoms with E-state index in [4.69, 9.17) is 14.2 Å². The van der Waals surface area contributed by atoms with Crippen molar-refractivity contribution in [2.24, 2.45) is 0 Å². The number of alkyl halides is 3. The molecule has 2 aromatic carbocycles. The smallest absolute Gasteiger partial charge is 0.416 e. The molecule has 11 heteroatoms. The van der Waals surface area contributed by atoms with Gasteiger partial charge >= 0.3 is 12.1 Å². The number of carbonyl (C=O) groups excluding carboxylic acids is 1. The molecule has 29 heavy (non-hydrogen) atoms. The monoisotopic (exact) mass is 414 g/mol. The number of methoxy groups -OCH3 is 1. The number of halogens is 3. The summed E-state index contributed by atoms with van der Waals surface area (Å²) >= 11 is 0. The first kappa shape index (κ1) is 21.8. The second-order valence-corrected chi connectivity index (χ2v) is 5.58. The minimum absolute atomic E-state index is 0.0680. The Labute approximate surface area is 163 Å². The summed E-state index contributed by atoms with van der Waals surface area (Å²) in [5.74, 6) is 0.449. The van der Waals surface area contributed by atoms with Crippen LogP contribution in [0.25, 0.3) is 0 Å². The van der Waals surface area contributed by atoms with Crippen LogP contribution in [0, 0.1) is 10.1 Å². The molecule has 8 nitrogen and oxygen atoms in total. The summed E-state index contributed by atoms with van der Waals surface area (Å²) in [4.78, 5) is 21.7. The van der Waals surface area contributed by atoms with Gasteiger partial charge in [-0.3, -0.25) is 14.9 Å². The van der Waals surface area contributed by atoms with Gasteiger partial charge in [-0.1, -0.05) is 0 Å². The van der Waals surface area contributed by atoms with E-state index in [1.165, 1.54) is 7.11 Å². The highest BCUT2D eigenvalue weighted by Gasteiger charge is 2.33. The summed E-state index contributed by atoms with van der Waals surface area (Å²) in [6.45, 7) is -0.477. The molecule has 0 amide bonds. The van der Waals surface area contributed by atoms with Crippen LogP contribution in [0.15, 0.2) is 42.5 Å². The first-order valence-corrected chi connectivity index (χ1v) is 8.22. The van der Waals surface area contributed by atoms with E-state index in [9.17, 15) is 28.1 Å². The molecule has 0 aromatic heterocycles. The van der Waals surface area contributed by atoms with E-state index < -0.39 is 34.9 Å². The first-order chi connectivity index (χ1) is 13.7. The number of carbonyl (C=O) groups is 1. The standard InChI is InChI=1S/C18H17F3N2O6/c1-27-13-3-5-14(6-4-13)28-8-9-29-17(24)11-22-15-7-2-12(18(19,20)21)10-16(15)23(25)26/h2-7,10,22H,8-9,11H2,1H3. The lowest BCUT2D eigenvalue weighted by Crippen LogP contribution is -2.20. The minimum atomic E-state index is -4.72. The highest BCUT2D eigenvalue weighted by molar-refractivity contribution is 5.76. The molecule has 0 unspecified atom stereocenters. The van der Waals surface area contributed by atoms with Crippen molar-refractivity contribution < 1.29 is 37.1 Å². The average Bonchev–Trinajstić information content (AvgIpc) is 2.69. The zero-order valence-electron chi connectivity index (χ0n) is 15.2. The molecule has 0 saturated carbocycles.